The number of benzene rings is 2. The molecule has 1 saturated carbocycles. The van der Waals surface area contributed by atoms with Gasteiger partial charge in [0.05, 0.1) is 12.3 Å². The van der Waals surface area contributed by atoms with Crippen LogP contribution in [0.25, 0.3) is 0 Å². The number of carbonyl (C=O) groups excluding carboxylic acids is 1. The standard InChI is InChI=1S/C20H22FNO2/c21-19-12-15(7-10-20(19)22-14-23)4-1-2-11-24-18-6-3-5-17(13-18)16-8-9-16/h3,5-7,10,12-14,16H,1-2,4,8-9,11H2,(H,22,23). The normalized spacial score (nSPS) is 13.5. The van der Waals surface area contributed by atoms with E-state index in [1.54, 1.807) is 6.07 Å². The molecule has 3 nitrogen and oxygen atoms in total. The van der Waals surface area contributed by atoms with Gasteiger partial charge in [-0.2, -0.15) is 0 Å². The third-order valence-electron chi connectivity index (χ3n) is 4.28. The van der Waals surface area contributed by atoms with Crippen LogP contribution >= 0.6 is 0 Å². The van der Waals surface area contributed by atoms with Gasteiger partial charge in [0.1, 0.15) is 11.6 Å². The van der Waals surface area contributed by atoms with E-state index in [0.29, 0.717) is 13.0 Å². The quantitative estimate of drug-likeness (QED) is 0.537. The highest BCUT2D eigenvalue weighted by molar-refractivity contribution is 5.71. The van der Waals surface area contributed by atoms with Crippen LogP contribution in [0.15, 0.2) is 42.5 Å². The Labute approximate surface area is 141 Å². The molecule has 0 saturated heterocycles. The zero-order valence-electron chi connectivity index (χ0n) is 13.6. The van der Waals surface area contributed by atoms with Crippen LogP contribution in [0.1, 0.15) is 42.7 Å². The molecule has 1 aliphatic carbocycles. The smallest absolute Gasteiger partial charge is 0.211 e. The lowest BCUT2D eigenvalue weighted by atomic mass is 10.1. The fourth-order valence-electron chi connectivity index (χ4n) is 2.79. The number of aryl methyl sites for hydroxylation is 1. The van der Waals surface area contributed by atoms with E-state index in [-0.39, 0.29) is 5.69 Å². The molecule has 0 unspecified atom stereocenters. The second kappa shape index (κ2) is 7.95. The number of amides is 1. The molecule has 0 atom stereocenters. The van der Waals surface area contributed by atoms with Gasteiger partial charge in [-0.25, -0.2) is 4.39 Å². The second-order valence-electron chi connectivity index (χ2n) is 6.23. The molecule has 0 aliphatic heterocycles. The Hall–Kier alpha value is -2.36. The number of anilines is 1. The minimum absolute atomic E-state index is 0.215. The summed E-state index contributed by atoms with van der Waals surface area (Å²) in [6.45, 7) is 0.668. The first-order chi connectivity index (χ1) is 11.8. The molecule has 0 bridgehead atoms. The van der Waals surface area contributed by atoms with Crippen molar-refractivity contribution >= 4 is 12.1 Å². The maximum atomic E-state index is 13.7. The third kappa shape index (κ3) is 4.57. The van der Waals surface area contributed by atoms with Crippen molar-refractivity contribution in [2.75, 3.05) is 11.9 Å². The summed E-state index contributed by atoms with van der Waals surface area (Å²) in [6, 6.07) is 13.3. The zero-order valence-corrected chi connectivity index (χ0v) is 13.6. The Bertz CT molecular complexity index is 698. The summed E-state index contributed by atoms with van der Waals surface area (Å²) in [5, 5.41) is 2.34. The van der Waals surface area contributed by atoms with Crippen molar-refractivity contribution in [2.45, 2.75) is 38.0 Å². The maximum absolute atomic E-state index is 13.7. The highest BCUT2D eigenvalue weighted by atomic mass is 19.1. The van der Waals surface area contributed by atoms with Crippen molar-refractivity contribution in [2.24, 2.45) is 0 Å². The number of ether oxygens (including phenoxy) is 1. The Morgan fingerprint density at radius 3 is 2.79 bits per heavy atom. The first-order valence-corrected chi connectivity index (χ1v) is 8.47. The van der Waals surface area contributed by atoms with E-state index in [1.807, 2.05) is 12.1 Å². The van der Waals surface area contributed by atoms with Crippen LogP contribution in [-0.2, 0) is 11.2 Å². The molecule has 2 aromatic rings. The molecule has 1 amide bonds. The van der Waals surface area contributed by atoms with Crippen LogP contribution in [0.2, 0.25) is 0 Å². The minimum atomic E-state index is -0.396. The fraction of sp³-hybridized carbons (Fsp3) is 0.350. The zero-order chi connectivity index (χ0) is 16.8. The van der Waals surface area contributed by atoms with Crippen LogP contribution in [0.5, 0.6) is 5.75 Å². The van der Waals surface area contributed by atoms with Gasteiger partial charge in [-0.3, -0.25) is 4.79 Å². The summed E-state index contributed by atoms with van der Waals surface area (Å²) in [5.74, 6) is 1.28. The van der Waals surface area contributed by atoms with Gasteiger partial charge in [0, 0.05) is 0 Å². The van der Waals surface area contributed by atoms with E-state index in [1.165, 1.54) is 24.5 Å². The van der Waals surface area contributed by atoms with Crippen molar-refractivity contribution in [1.82, 2.24) is 0 Å². The summed E-state index contributed by atoms with van der Waals surface area (Å²) in [7, 11) is 0. The predicted molar refractivity (Wildman–Crippen MR) is 92.9 cm³/mol. The third-order valence-corrected chi connectivity index (χ3v) is 4.28. The molecule has 2 aromatic carbocycles. The molecule has 0 spiro atoms. The number of hydrogen-bond donors (Lipinski definition) is 1. The number of halogens is 1. The van der Waals surface area contributed by atoms with Gasteiger partial charge < -0.3 is 10.1 Å². The largest absolute Gasteiger partial charge is 0.494 e. The average Bonchev–Trinajstić information content (AvgIpc) is 3.42. The average molecular weight is 327 g/mol. The lowest BCUT2D eigenvalue weighted by Gasteiger charge is -2.08. The highest BCUT2D eigenvalue weighted by Gasteiger charge is 2.23. The first kappa shape index (κ1) is 16.5. The van der Waals surface area contributed by atoms with Gasteiger partial charge in [-0.05, 0) is 73.4 Å². The Morgan fingerprint density at radius 1 is 1.17 bits per heavy atom. The van der Waals surface area contributed by atoms with E-state index < -0.39 is 5.82 Å². The molecule has 0 radical (unpaired) electrons. The van der Waals surface area contributed by atoms with Crippen LogP contribution in [0.3, 0.4) is 0 Å². The number of unbranched alkanes of at least 4 members (excludes halogenated alkanes) is 1. The van der Waals surface area contributed by atoms with Gasteiger partial charge in [-0.15, -0.1) is 0 Å². The minimum Gasteiger partial charge on any atom is -0.494 e. The summed E-state index contributed by atoms with van der Waals surface area (Å²) in [5.41, 5.74) is 2.53. The first-order valence-electron chi connectivity index (χ1n) is 8.47. The van der Waals surface area contributed by atoms with Gasteiger partial charge in [-0.1, -0.05) is 18.2 Å². The molecule has 24 heavy (non-hydrogen) atoms. The van der Waals surface area contributed by atoms with E-state index in [9.17, 15) is 9.18 Å². The number of rotatable bonds is 9. The van der Waals surface area contributed by atoms with Crippen molar-refractivity contribution in [3.8, 4) is 5.75 Å². The summed E-state index contributed by atoms with van der Waals surface area (Å²) in [4.78, 5) is 10.3. The summed E-state index contributed by atoms with van der Waals surface area (Å²) >= 11 is 0. The van der Waals surface area contributed by atoms with Crippen LogP contribution in [0.4, 0.5) is 10.1 Å². The molecule has 1 fully saturated rings. The second-order valence-corrected chi connectivity index (χ2v) is 6.23. The molecular weight excluding hydrogens is 305 g/mol. The Balaban J connectivity index is 1.40. The van der Waals surface area contributed by atoms with Crippen molar-refractivity contribution in [3.63, 3.8) is 0 Å². The van der Waals surface area contributed by atoms with E-state index >= 15 is 0 Å². The molecule has 0 heterocycles. The lowest BCUT2D eigenvalue weighted by Crippen LogP contribution is -2.00. The molecule has 126 valence electrons. The monoisotopic (exact) mass is 327 g/mol. The van der Waals surface area contributed by atoms with E-state index in [4.69, 9.17) is 4.74 Å². The van der Waals surface area contributed by atoms with Gasteiger partial charge in [0.15, 0.2) is 0 Å². The van der Waals surface area contributed by atoms with Crippen LogP contribution in [0, 0.1) is 5.82 Å². The van der Waals surface area contributed by atoms with Gasteiger partial charge >= 0.3 is 0 Å². The number of nitrogens with one attached hydrogen (secondary N) is 1. The van der Waals surface area contributed by atoms with Crippen LogP contribution in [-0.4, -0.2) is 13.0 Å². The SMILES string of the molecule is O=CNc1ccc(CCCCOc2cccc(C3CC3)c2)cc1F. The highest BCUT2D eigenvalue weighted by Crippen LogP contribution is 2.40. The summed E-state index contributed by atoms with van der Waals surface area (Å²) < 4.78 is 19.5. The van der Waals surface area contributed by atoms with Gasteiger partial charge in [0.25, 0.3) is 0 Å². The maximum Gasteiger partial charge on any atom is 0.211 e. The predicted octanol–water partition coefficient (Wildman–Crippen LogP) is 4.67. The summed E-state index contributed by atoms with van der Waals surface area (Å²) in [6.07, 6.45) is 5.71. The fourth-order valence-corrected chi connectivity index (χ4v) is 2.79. The van der Waals surface area contributed by atoms with Crippen molar-refractivity contribution in [3.05, 3.63) is 59.4 Å². The molecule has 3 rings (SSSR count). The lowest BCUT2D eigenvalue weighted by molar-refractivity contribution is -0.105. The number of hydrogen-bond acceptors (Lipinski definition) is 2. The molecule has 1 aliphatic rings. The molecule has 4 heteroatoms. The van der Waals surface area contributed by atoms with Crippen LogP contribution < -0.4 is 10.1 Å². The number of carbonyl (C=O) groups is 1. The van der Waals surface area contributed by atoms with E-state index in [2.05, 4.69) is 23.5 Å². The van der Waals surface area contributed by atoms with Crippen molar-refractivity contribution < 1.29 is 13.9 Å². The van der Waals surface area contributed by atoms with Gasteiger partial charge in [0.2, 0.25) is 6.41 Å². The topological polar surface area (TPSA) is 38.3 Å². The molecular formula is C20H22FNO2. The Kier molecular flexibility index (Phi) is 5.47. The Morgan fingerprint density at radius 2 is 2.04 bits per heavy atom. The molecule has 0 aromatic heterocycles. The van der Waals surface area contributed by atoms with Crippen molar-refractivity contribution in [1.29, 1.82) is 0 Å². The molecule has 1 N–H and O–H groups in total. The van der Waals surface area contributed by atoms with E-state index in [0.717, 1.165) is 36.5 Å².